The predicted molar refractivity (Wildman–Crippen MR) is 101 cm³/mol. The highest BCUT2D eigenvalue weighted by Gasteiger charge is 2.38. The molecule has 1 aliphatic rings. The molecular weight excluding hydrogens is 406 g/mol. The summed E-state index contributed by atoms with van der Waals surface area (Å²) in [5, 5.41) is 7.12. The van der Waals surface area contributed by atoms with Crippen LogP contribution in [0.15, 0.2) is 49.1 Å². The molecule has 0 aliphatic carbocycles. The van der Waals surface area contributed by atoms with Crippen LogP contribution in [0.25, 0.3) is 5.65 Å². The number of fused-ring (bicyclic) bond motifs is 1. The van der Waals surface area contributed by atoms with Crippen LogP contribution < -0.4 is 4.90 Å². The van der Waals surface area contributed by atoms with E-state index in [0.717, 1.165) is 49.8 Å². The minimum Gasteiger partial charge on any atom is -0.475 e. The van der Waals surface area contributed by atoms with Gasteiger partial charge >= 0.3 is 12.1 Å². The topological polar surface area (TPSA) is 74.0 Å². The zero-order valence-corrected chi connectivity index (χ0v) is 15.8. The minimum atomic E-state index is -5.08. The summed E-state index contributed by atoms with van der Waals surface area (Å²) in [5.41, 5.74) is 1.91. The number of nitrogens with zero attached hydrogens (tertiary/aromatic N) is 5. The van der Waals surface area contributed by atoms with E-state index in [0.29, 0.717) is 0 Å². The Morgan fingerprint density at radius 3 is 2.30 bits per heavy atom. The molecule has 0 saturated carbocycles. The molecule has 3 aromatic rings. The average molecular weight is 425 g/mol. The Labute approximate surface area is 169 Å². The number of alkyl halides is 3. The van der Waals surface area contributed by atoms with Crippen LogP contribution in [0, 0.1) is 5.82 Å². The molecule has 4 rings (SSSR count). The maximum atomic E-state index is 13.3. The van der Waals surface area contributed by atoms with E-state index >= 15 is 0 Å². The highest BCUT2D eigenvalue weighted by Crippen LogP contribution is 2.19. The first kappa shape index (κ1) is 21.5. The third-order valence-electron chi connectivity index (χ3n) is 4.50. The molecule has 0 amide bonds. The van der Waals surface area contributed by atoms with Gasteiger partial charge in [-0.15, -0.1) is 0 Å². The van der Waals surface area contributed by atoms with Gasteiger partial charge in [0.25, 0.3) is 0 Å². The molecule has 0 radical (unpaired) electrons. The molecule has 1 saturated heterocycles. The molecule has 1 aliphatic heterocycles. The fraction of sp³-hybridized carbons (Fsp3) is 0.316. The van der Waals surface area contributed by atoms with Crippen LogP contribution in [0.3, 0.4) is 0 Å². The fourth-order valence-corrected chi connectivity index (χ4v) is 3.07. The number of rotatable bonds is 3. The lowest BCUT2D eigenvalue weighted by molar-refractivity contribution is -0.192. The predicted octanol–water partition coefficient (Wildman–Crippen LogP) is 2.82. The van der Waals surface area contributed by atoms with Gasteiger partial charge in [0, 0.05) is 57.5 Å². The lowest BCUT2D eigenvalue weighted by Gasteiger charge is -2.35. The van der Waals surface area contributed by atoms with Crippen molar-refractivity contribution in [2.24, 2.45) is 0 Å². The number of halogens is 4. The van der Waals surface area contributed by atoms with Crippen molar-refractivity contribution in [1.29, 1.82) is 0 Å². The zero-order valence-electron chi connectivity index (χ0n) is 15.8. The monoisotopic (exact) mass is 425 g/mol. The number of anilines is 1. The van der Waals surface area contributed by atoms with Crippen molar-refractivity contribution < 1.29 is 27.5 Å². The number of hydrogen-bond acceptors (Lipinski definition) is 5. The van der Waals surface area contributed by atoms with Gasteiger partial charge in [0.1, 0.15) is 5.82 Å². The van der Waals surface area contributed by atoms with Crippen molar-refractivity contribution >= 4 is 17.4 Å². The summed E-state index contributed by atoms with van der Waals surface area (Å²) >= 11 is 0. The Balaban J connectivity index is 0.000000318. The third kappa shape index (κ3) is 5.44. The van der Waals surface area contributed by atoms with Crippen molar-refractivity contribution in [2.45, 2.75) is 12.7 Å². The number of benzene rings is 1. The maximum absolute atomic E-state index is 13.3. The van der Waals surface area contributed by atoms with Crippen molar-refractivity contribution in [3.05, 3.63) is 60.4 Å². The van der Waals surface area contributed by atoms with Crippen molar-refractivity contribution in [3.63, 3.8) is 0 Å². The normalized spacial score (nSPS) is 15.0. The molecule has 0 unspecified atom stereocenters. The third-order valence-corrected chi connectivity index (χ3v) is 4.50. The first-order valence-corrected chi connectivity index (χ1v) is 9.03. The summed E-state index contributed by atoms with van der Waals surface area (Å²) < 4.78 is 47.0. The maximum Gasteiger partial charge on any atom is 0.490 e. The summed E-state index contributed by atoms with van der Waals surface area (Å²) in [6, 6.07) is 6.84. The van der Waals surface area contributed by atoms with E-state index in [2.05, 4.69) is 19.8 Å². The van der Waals surface area contributed by atoms with Crippen molar-refractivity contribution in [2.75, 3.05) is 31.1 Å². The number of aromatic nitrogens is 3. The summed E-state index contributed by atoms with van der Waals surface area (Å²) in [6.45, 7) is 4.44. The number of aliphatic carboxylic acids is 1. The molecule has 1 fully saturated rings. The molecule has 160 valence electrons. The number of carboxylic acid groups (broad SMARTS) is 1. The summed E-state index contributed by atoms with van der Waals surface area (Å²) in [5.74, 6) is -1.99. The Bertz CT molecular complexity index is 1000. The van der Waals surface area contributed by atoms with Crippen LogP contribution in [-0.2, 0) is 11.3 Å². The van der Waals surface area contributed by atoms with E-state index in [4.69, 9.17) is 9.90 Å². The first-order chi connectivity index (χ1) is 14.2. The van der Waals surface area contributed by atoms with Crippen molar-refractivity contribution in [3.8, 4) is 0 Å². The van der Waals surface area contributed by atoms with Crippen molar-refractivity contribution in [1.82, 2.24) is 19.3 Å². The van der Waals surface area contributed by atoms with Gasteiger partial charge in [0.05, 0.1) is 0 Å². The molecule has 2 aromatic heterocycles. The standard InChI is InChI=1S/C17H18FN5.C2HF3O2/c18-15-3-1-2-14(12-15)13-21-8-10-23(11-9-21)17-16-19-4-6-22(16)7-5-20-17;3-2(4,5)1(6)7/h1-7,12H,8-11,13H2;(H,6,7). The van der Waals surface area contributed by atoms with Crippen LogP contribution >= 0.6 is 0 Å². The summed E-state index contributed by atoms with van der Waals surface area (Å²) in [6.07, 6.45) is 2.36. The highest BCUT2D eigenvalue weighted by atomic mass is 19.4. The van der Waals surface area contributed by atoms with Gasteiger partial charge < -0.3 is 14.4 Å². The molecule has 0 bridgehead atoms. The second-order valence-electron chi connectivity index (χ2n) is 6.60. The number of hydrogen-bond donors (Lipinski definition) is 1. The molecule has 1 aromatic carbocycles. The molecule has 0 spiro atoms. The van der Waals surface area contributed by atoms with Gasteiger partial charge in [-0.05, 0) is 17.7 Å². The number of piperazine rings is 1. The highest BCUT2D eigenvalue weighted by molar-refractivity contribution is 5.73. The average Bonchev–Trinajstić information content (AvgIpc) is 3.17. The zero-order chi connectivity index (χ0) is 21.7. The second kappa shape index (κ2) is 9.08. The smallest absolute Gasteiger partial charge is 0.475 e. The Morgan fingerprint density at radius 2 is 1.70 bits per heavy atom. The largest absolute Gasteiger partial charge is 0.490 e. The molecule has 30 heavy (non-hydrogen) atoms. The summed E-state index contributed by atoms with van der Waals surface area (Å²) in [4.78, 5) is 22.4. The van der Waals surface area contributed by atoms with Crippen LogP contribution in [0.5, 0.6) is 0 Å². The van der Waals surface area contributed by atoms with Crippen LogP contribution in [0.1, 0.15) is 5.56 Å². The molecule has 3 heterocycles. The molecule has 11 heteroatoms. The fourth-order valence-electron chi connectivity index (χ4n) is 3.07. The SMILES string of the molecule is Fc1cccc(CN2CCN(c3nccn4ccnc34)CC2)c1.O=C(O)C(F)(F)F. The number of carbonyl (C=O) groups is 1. The van der Waals surface area contributed by atoms with E-state index < -0.39 is 12.1 Å². The Hall–Kier alpha value is -3.21. The van der Waals surface area contributed by atoms with E-state index in [-0.39, 0.29) is 5.82 Å². The quantitative estimate of drug-likeness (QED) is 0.651. The van der Waals surface area contributed by atoms with E-state index in [1.165, 1.54) is 6.07 Å². The van der Waals surface area contributed by atoms with E-state index in [9.17, 15) is 17.6 Å². The van der Waals surface area contributed by atoms with Crippen LogP contribution in [0.4, 0.5) is 23.4 Å². The molecule has 7 nitrogen and oxygen atoms in total. The van der Waals surface area contributed by atoms with Crippen LogP contribution in [0.2, 0.25) is 0 Å². The molecule has 0 atom stereocenters. The lowest BCUT2D eigenvalue weighted by Crippen LogP contribution is -2.46. The van der Waals surface area contributed by atoms with Gasteiger partial charge in [-0.1, -0.05) is 12.1 Å². The Morgan fingerprint density at radius 1 is 1.07 bits per heavy atom. The Kier molecular flexibility index (Phi) is 6.50. The minimum absolute atomic E-state index is 0.170. The van der Waals surface area contributed by atoms with Gasteiger partial charge in [0.2, 0.25) is 0 Å². The molecular formula is C19H19F4N5O2. The summed E-state index contributed by atoms with van der Waals surface area (Å²) in [7, 11) is 0. The second-order valence-corrected chi connectivity index (χ2v) is 6.60. The van der Waals surface area contributed by atoms with Crippen LogP contribution in [-0.4, -0.2) is 62.7 Å². The van der Waals surface area contributed by atoms with Gasteiger partial charge in [-0.25, -0.2) is 19.2 Å². The number of carboxylic acids is 1. The lowest BCUT2D eigenvalue weighted by atomic mass is 10.2. The van der Waals surface area contributed by atoms with Gasteiger partial charge in [-0.2, -0.15) is 13.2 Å². The van der Waals surface area contributed by atoms with E-state index in [1.807, 2.05) is 29.1 Å². The van der Waals surface area contributed by atoms with E-state index in [1.54, 1.807) is 18.3 Å². The van der Waals surface area contributed by atoms with Gasteiger partial charge in [0.15, 0.2) is 11.5 Å². The number of imidazole rings is 1. The van der Waals surface area contributed by atoms with Gasteiger partial charge in [-0.3, -0.25) is 4.90 Å². The first-order valence-electron chi connectivity index (χ1n) is 9.03. The molecule has 1 N–H and O–H groups in total.